The van der Waals surface area contributed by atoms with Crippen molar-refractivity contribution in [1.29, 1.82) is 0 Å². The first-order valence-electron chi connectivity index (χ1n) is 20.4. The smallest absolute Gasteiger partial charge is 0.0468 e. The van der Waals surface area contributed by atoms with Crippen LogP contribution < -0.4 is 9.80 Å². The molecule has 0 saturated carbocycles. The van der Waals surface area contributed by atoms with Gasteiger partial charge >= 0.3 is 0 Å². The fraction of sp³-hybridized carbons (Fsp3) is 0.0357. The summed E-state index contributed by atoms with van der Waals surface area (Å²) >= 11 is 3.71. The van der Waals surface area contributed by atoms with Crippen LogP contribution in [0.25, 0.3) is 62.6 Å². The highest BCUT2D eigenvalue weighted by Gasteiger charge is 2.17. The predicted molar refractivity (Wildman–Crippen MR) is 262 cm³/mol. The lowest BCUT2D eigenvalue weighted by Crippen LogP contribution is -2.09. The topological polar surface area (TPSA) is 6.48 Å². The first kappa shape index (κ1) is 36.1. The summed E-state index contributed by atoms with van der Waals surface area (Å²) in [4.78, 5) is 4.73. The second kappa shape index (κ2) is 15.0. The number of rotatable bonds is 8. The Balaban J connectivity index is 0.882. The molecule has 0 aliphatic heterocycles. The van der Waals surface area contributed by atoms with E-state index in [2.05, 4.69) is 230 Å². The molecule has 0 N–H and O–H groups in total. The summed E-state index contributed by atoms with van der Waals surface area (Å²) in [6, 6.07) is 75.7. The number of hydrogen-bond donors (Lipinski definition) is 0. The minimum absolute atomic E-state index is 1.13. The van der Waals surface area contributed by atoms with E-state index in [-0.39, 0.29) is 0 Å². The Bertz CT molecular complexity index is 3080. The third-order valence-corrected chi connectivity index (χ3v) is 13.9. The molecule has 0 fully saturated rings. The summed E-state index contributed by atoms with van der Waals surface area (Å²) in [5, 5.41) is 5.21. The molecule has 2 heterocycles. The molecule has 0 bridgehead atoms. The average Bonchev–Trinajstić information content (AvgIpc) is 3.86. The van der Waals surface area contributed by atoms with Crippen molar-refractivity contribution >= 4 is 97.1 Å². The minimum atomic E-state index is 1.13. The SMILES string of the molecule is Cc1ccc(N(c2ccc(-c3ccc(-c4ccc(N(c5ccc(C)cc5)c5ccc6sc7ccccc7c6c5)cc4)cc3)cc2)c2ccc3sc4ccccc4c3c2)cc1. The van der Waals surface area contributed by atoms with Crippen molar-refractivity contribution in [2.45, 2.75) is 13.8 Å². The van der Waals surface area contributed by atoms with E-state index in [0.717, 1.165) is 34.1 Å². The highest BCUT2D eigenvalue weighted by Crippen LogP contribution is 2.43. The van der Waals surface area contributed by atoms with Gasteiger partial charge in [-0.15, -0.1) is 22.7 Å². The van der Waals surface area contributed by atoms with Crippen LogP contribution in [0.4, 0.5) is 34.1 Å². The lowest BCUT2D eigenvalue weighted by atomic mass is 9.99. The molecule has 11 aromatic rings. The van der Waals surface area contributed by atoms with Crippen LogP contribution in [0.5, 0.6) is 0 Å². The number of thiophene rings is 2. The average molecular weight is 805 g/mol. The van der Waals surface area contributed by atoms with Crippen LogP contribution in [-0.4, -0.2) is 0 Å². The first-order valence-corrected chi connectivity index (χ1v) is 22.0. The van der Waals surface area contributed by atoms with Crippen molar-refractivity contribution in [1.82, 2.24) is 0 Å². The standard InChI is InChI=1S/C56H40N2S2/c1-37-11-23-43(24-12-37)57(47-31-33-55-51(35-47)49-7-3-5-9-53(49)59-55)45-27-19-41(20-28-45)39-15-17-40(18-16-39)42-21-29-46(30-22-42)58(44-25-13-38(2)14-26-44)48-32-34-56-52(36-48)50-8-4-6-10-54(50)60-56/h3-36H,1-2H3. The largest absolute Gasteiger partial charge is 0.310 e. The lowest BCUT2D eigenvalue weighted by molar-refractivity contribution is 1.28. The monoisotopic (exact) mass is 804 g/mol. The number of nitrogens with zero attached hydrogens (tertiary/aromatic N) is 2. The van der Waals surface area contributed by atoms with Crippen LogP contribution in [0.1, 0.15) is 11.1 Å². The summed E-state index contributed by atoms with van der Waals surface area (Å²) < 4.78 is 5.26. The molecule has 0 radical (unpaired) electrons. The molecule has 2 aromatic heterocycles. The molecule has 11 rings (SSSR count). The molecule has 0 atom stereocenters. The molecule has 0 spiro atoms. The van der Waals surface area contributed by atoms with Gasteiger partial charge in [-0.3, -0.25) is 0 Å². The summed E-state index contributed by atoms with van der Waals surface area (Å²) in [6.45, 7) is 4.28. The Hall–Kier alpha value is -6.98. The third kappa shape index (κ3) is 6.61. The predicted octanol–water partition coefficient (Wildman–Crippen LogP) is 17.3. The first-order chi connectivity index (χ1) is 29.5. The summed E-state index contributed by atoms with van der Waals surface area (Å²) in [7, 11) is 0. The molecule has 0 aliphatic rings. The zero-order valence-electron chi connectivity index (χ0n) is 33.3. The summed E-state index contributed by atoms with van der Waals surface area (Å²) in [5.41, 5.74) is 14.1. The van der Waals surface area contributed by atoms with E-state index >= 15 is 0 Å². The van der Waals surface area contributed by atoms with E-state index in [1.165, 1.54) is 73.7 Å². The van der Waals surface area contributed by atoms with Crippen LogP contribution in [0.15, 0.2) is 206 Å². The quantitative estimate of drug-likeness (QED) is 0.151. The van der Waals surface area contributed by atoms with Crippen LogP contribution in [0.2, 0.25) is 0 Å². The van der Waals surface area contributed by atoms with Gasteiger partial charge in [-0.2, -0.15) is 0 Å². The normalized spacial score (nSPS) is 11.5. The van der Waals surface area contributed by atoms with E-state index in [0.29, 0.717) is 0 Å². The molecular formula is C56H40N2S2. The van der Waals surface area contributed by atoms with Gasteiger partial charge in [0.05, 0.1) is 0 Å². The number of benzene rings is 9. The zero-order valence-corrected chi connectivity index (χ0v) is 35.0. The molecule has 60 heavy (non-hydrogen) atoms. The van der Waals surface area contributed by atoms with Gasteiger partial charge in [0.15, 0.2) is 0 Å². The molecule has 0 saturated heterocycles. The Kier molecular flexibility index (Phi) is 9.03. The number of aryl methyl sites for hydroxylation is 2. The van der Waals surface area contributed by atoms with Crippen molar-refractivity contribution < 1.29 is 0 Å². The van der Waals surface area contributed by atoms with Crippen molar-refractivity contribution in [3.8, 4) is 22.3 Å². The van der Waals surface area contributed by atoms with Gasteiger partial charge in [0.1, 0.15) is 0 Å². The van der Waals surface area contributed by atoms with Crippen LogP contribution >= 0.6 is 22.7 Å². The van der Waals surface area contributed by atoms with Gasteiger partial charge in [-0.1, -0.05) is 120 Å². The van der Waals surface area contributed by atoms with E-state index in [1.807, 2.05) is 22.7 Å². The van der Waals surface area contributed by atoms with Crippen LogP contribution in [-0.2, 0) is 0 Å². The zero-order chi connectivity index (χ0) is 40.2. The van der Waals surface area contributed by atoms with Crippen LogP contribution in [0, 0.1) is 13.8 Å². The van der Waals surface area contributed by atoms with E-state index in [9.17, 15) is 0 Å². The maximum atomic E-state index is 2.37. The number of anilines is 6. The summed E-state index contributed by atoms with van der Waals surface area (Å²) in [5.74, 6) is 0. The van der Waals surface area contributed by atoms with E-state index in [4.69, 9.17) is 0 Å². The van der Waals surface area contributed by atoms with Gasteiger partial charge in [0.25, 0.3) is 0 Å². The molecule has 9 aromatic carbocycles. The van der Waals surface area contributed by atoms with Gasteiger partial charge in [0.2, 0.25) is 0 Å². The van der Waals surface area contributed by atoms with Gasteiger partial charge in [-0.25, -0.2) is 0 Å². The fourth-order valence-corrected chi connectivity index (χ4v) is 10.6. The molecule has 0 unspecified atom stereocenters. The maximum Gasteiger partial charge on any atom is 0.0468 e. The van der Waals surface area contributed by atoms with Crippen LogP contribution in [0.3, 0.4) is 0 Å². The second-order valence-corrected chi connectivity index (χ2v) is 17.7. The van der Waals surface area contributed by atoms with Crippen molar-refractivity contribution in [2.24, 2.45) is 0 Å². The Morgan fingerprint density at radius 1 is 0.267 bits per heavy atom. The molecule has 0 amide bonds. The summed E-state index contributed by atoms with van der Waals surface area (Å²) in [6.07, 6.45) is 0. The highest BCUT2D eigenvalue weighted by molar-refractivity contribution is 7.26. The third-order valence-electron chi connectivity index (χ3n) is 11.6. The Labute approximate surface area is 358 Å². The minimum Gasteiger partial charge on any atom is -0.310 e. The van der Waals surface area contributed by atoms with Crippen molar-refractivity contribution in [2.75, 3.05) is 9.80 Å². The fourth-order valence-electron chi connectivity index (χ4n) is 8.45. The second-order valence-electron chi connectivity index (χ2n) is 15.6. The molecule has 286 valence electrons. The number of fused-ring (bicyclic) bond motifs is 6. The molecule has 2 nitrogen and oxygen atoms in total. The molecule has 0 aliphatic carbocycles. The van der Waals surface area contributed by atoms with E-state index in [1.54, 1.807) is 0 Å². The van der Waals surface area contributed by atoms with Gasteiger partial charge in [0, 0.05) is 74.5 Å². The Morgan fingerprint density at radius 2 is 0.550 bits per heavy atom. The van der Waals surface area contributed by atoms with Gasteiger partial charge < -0.3 is 9.80 Å². The lowest BCUT2D eigenvalue weighted by Gasteiger charge is -2.26. The van der Waals surface area contributed by atoms with E-state index < -0.39 is 0 Å². The molecule has 4 heteroatoms. The molecular weight excluding hydrogens is 765 g/mol. The Morgan fingerprint density at radius 3 is 0.917 bits per heavy atom. The maximum absolute atomic E-state index is 2.37. The van der Waals surface area contributed by atoms with Crippen molar-refractivity contribution in [3.63, 3.8) is 0 Å². The number of hydrogen-bond acceptors (Lipinski definition) is 4. The van der Waals surface area contributed by atoms with Crippen molar-refractivity contribution in [3.05, 3.63) is 217 Å². The van der Waals surface area contributed by atoms with Gasteiger partial charge in [-0.05, 0) is 133 Å². The highest BCUT2D eigenvalue weighted by atomic mass is 32.1.